The first-order valence-electron chi connectivity index (χ1n) is 6.87. The largest absolute Gasteiger partial charge is 0.416 e. The van der Waals surface area contributed by atoms with Crippen LogP contribution in [0, 0.1) is 13.8 Å². The number of hydrogen-bond acceptors (Lipinski definition) is 1. The van der Waals surface area contributed by atoms with E-state index >= 15 is 0 Å². The van der Waals surface area contributed by atoms with Gasteiger partial charge in [0, 0.05) is 30.0 Å². The molecule has 2 rings (SSSR count). The topological polar surface area (TPSA) is 34.0 Å². The molecule has 22 heavy (non-hydrogen) atoms. The summed E-state index contributed by atoms with van der Waals surface area (Å²) in [5.74, 6) is -0.379. The molecule has 0 unspecified atom stereocenters. The maximum Gasteiger partial charge on any atom is 0.416 e. The fourth-order valence-electron chi connectivity index (χ4n) is 2.25. The molecule has 1 aromatic heterocycles. The molecule has 3 nitrogen and oxygen atoms in total. The third-order valence-electron chi connectivity index (χ3n) is 3.51. The van der Waals surface area contributed by atoms with Crippen molar-refractivity contribution in [2.24, 2.45) is 0 Å². The van der Waals surface area contributed by atoms with E-state index in [1.807, 2.05) is 26.0 Å². The Morgan fingerprint density at radius 1 is 1.05 bits per heavy atom. The van der Waals surface area contributed by atoms with Gasteiger partial charge in [-0.15, -0.1) is 0 Å². The summed E-state index contributed by atoms with van der Waals surface area (Å²) in [7, 11) is 0. The molecule has 1 amide bonds. The van der Waals surface area contributed by atoms with E-state index in [1.54, 1.807) is 0 Å². The van der Waals surface area contributed by atoms with E-state index in [1.165, 1.54) is 12.1 Å². The summed E-state index contributed by atoms with van der Waals surface area (Å²) >= 11 is 0. The van der Waals surface area contributed by atoms with Crippen LogP contribution in [-0.2, 0) is 12.7 Å². The van der Waals surface area contributed by atoms with Crippen LogP contribution in [0.4, 0.5) is 13.2 Å². The predicted molar refractivity (Wildman–Crippen MR) is 77.7 cm³/mol. The number of benzene rings is 1. The van der Waals surface area contributed by atoms with E-state index in [9.17, 15) is 18.0 Å². The lowest BCUT2D eigenvalue weighted by molar-refractivity contribution is -0.137. The number of nitrogens with zero attached hydrogens (tertiary/aromatic N) is 1. The van der Waals surface area contributed by atoms with Crippen LogP contribution in [0.3, 0.4) is 0 Å². The highest BCUT2D eigenvalue weighted by atomic mass is 19.4. The van der Waals surface area contributed by atoms with Gasteiger partial charge in [0.05, 0.1) is 5.56 Å². The highest BCUT2D eigenvalue weighted by Gasteiger charge is 2.30. The van der Waals surface area contributed by atoms with E-state index in [0.29, 0.717) is 13.1 Å². The highest BCUT2D eigenvalue weighted by Crippen LogP contribution is 2.29. The number of carbonyl (C=O) groups excluding carboxylic acids is 1. The van der Waals surface area contributed by atoms with Crippen molar-refractivity contribution in [3.8, 4) is 0 Å². The number of rotatable bonds is 4. The first-order chi connectivity index (χ1) is 10.3. The van der Waals surface area contributed by atoms with Gasteiger partial charge in [0.15, 0.2) is 0 Å². The molecular formula is C16H17F3N2O. The molecule has 0 spiro atoms. The maximum atomic E-state index is 12.5. The minimum absolute atomic E-state index is 0.217. The monoisotopic (exact) mass is 310 g/mol. The third-order valence-corrected chi connectivity index (χ3v) is 3.51. The van der Waals surface area contributed by atoms with Gasteiger partial charge in [-0.05, 0) is 50.2 Å². The molecule has 0 fully saturated rings. The van der Waals surface area contributed by atoms with Crippen LogP contribution in [0.25, 0.3) is 0 Å². The second-order valence-electron chi connectivity index (χ2n) is 5.10. The quantitative estimate of drug-likeness (QED) is 0.920. The average Bonchev–Trinajstić information content (AvgIpc) is 2.78. The zero-order valence-corrected chi connectivity index (χ0v) is 12.4. The van der Waals surface area contributed by atoms with Gasteiger partial charge < -0.3 is 9.88 Å². The number of hydrogen-bond donors (Lipinski definition) is 1. The Bertz CT molecular complexity index is 638. The van der Waals surface area contributed by atoms with Crippen LogP contribution >= 0.6 is 0 Å². The molecule has 6 heteroatoms. The van der Waals surface area contributed by atoms with E-state index in [-0.39, 0.29) is 11.5 Å². The number of halogens is 3. The zero-order chi connectivity index (χ0) is 16.3. The Labute approximate surface area is 126 Å². The molecule has 0 aliphatic rings. The van der Waals surface area contributed by atoms with Crippen molar-refractivity contribution in [1.29, 1.82) is 0 Å². The van der Waals surface area contributed by atoms with Crippen molar-refractivity contribution in [3.05, 3.63) is 58.9 Å². The Morgan fingerprint density at radius 3 is 2.09 bits per heavy atom. The Morgan fingerprint density at radius 2 is 1.59 bits per heavy atom. The molecule has 1 aromatic carbocycles. The molecule has 1 heterocycles. The number of nitrogens with one attached hydrogen (secondary N) is 1. The standard InChI is InChI=1S/C16H17F3N2O/c1-11-3-4-12(2)21(11)10-9-20-15(22)13-5-7-14(8-6-13)16(17,18)19/h3-8H,9-10H2,1-2H3,(H,20,22). The normalized spacial score (nSPS) is 11.5. The number of carbonyl (C=O) groups is 1. The number of aryl methyl sites for hydroxylation is 2. The first kappa shape index (κ1) is 16.1. The maximum absolute atomic E-state index is 12.5. The summed E-state index contributed by atoms with van der Waals surface area (Å²) < 4.78 is 39.4. The Hall–Kier alpha value is -2.24. The third kappa shape index (κ3) is 3.69. The summed E-state index contributed by atoms with van der Waals surface area (Å²) in [6, 6.07) is 8.18. The minimum atomic E-state index is -4.39. The zero-order valence-electron chi connectivity index (χ0n) is 12.4. The van der Waals surface area contributed by atoms with Crippen LogP contribution < -0.4 is 5.32 Å². The summed E-state index contributed by atoms with van der Waals surface area (Å²) in [5.41, 5.74) is 1.65. The molecular weight excluding hydrogens is 293 g/mol. The second kappa shape index (κ2) is 6.25. The molecule has 0 radical (unpaired) electrons. The van der Waals surface area contributed by atoms with Crippen LogP contribution in [0.1, 0.15) is 27.3 Å². The van der Waals surface area contributed by atoms with Crippen molar-refractivity contribution >= 4 is 5.91 Å². The van der Waals surface area contributed by atoms with Crippen molar-refractivity contribution < 1.29 is 18.0 Å². The van der Waals surface area contributed by atoms with Gasteiger partial charge in [-0.2, -0.15) is 13.2 Å². The summed E-state index contributed by atoms with van der Waals surface area (Å²) in [6.07, 6.45) is -4.39. The van der Waals surface area contributed by atoms with Crippen molar-refractivity contribution in [2.45, 2.75) is 26.6 Å². The molecule has 0 atom stereocenters. The van der Waals surface area contributed by atoms with E-state index in [4.69, 9.17) is 0 Å². The van der Waals surface area contributed by atoms with Crippen molar-refractivity contribution in [1.82, 2.24) is 9.88 Å². The van der Waals surface area contributed by atoms with Gasteiger partial charge >= 0.3 is 6.18 Å². The molecule has 1 N–H and O–H groups in total. The van der Waals surface area contributed by atoms with Crippen molar-refractivity contribution in [3.63, 3.8) is 0 Å². The van der Waals surface area contributed by atoms with Gasteiger partial charge in [-0.1, -0.05) is 0 Å². The van der Waals surface area contributed by atoms with Crippen LogP contribution in [0.15, 0.2) is 36.4 Å². The molecule has 0 saturated heterocycles. The molecule has 118 valence electrons. The molecule has 0 aliphatic carbocycles. The average molecular weight is 310 g/mol. The molecule has 0 bridgehead atoms. The van der Waals surface area contributed by atoms with Crippen LogP contribution in [0.5, 0.6) is 0 Å². The Balaban J connectivity index is 1.93. The van der Waals surface area contributed by atoms with Gasteiger partial charge in [0.2, 0.25) is 0 Å². The van der Waals surface area contributed by atoms with E-state index in [0.717, 1.165) is 23.5 Å². The lowest BCUT2D eigenvalue weighted by Gasteiger charge is -2.11. The van der Waals surface area contributed by atoms with Crippen LogP contribution in [-0.4, -0.2) is 17.0 Å². The highest BCUT2D eigenvalue weighted by molar-refractivity contribution is 5.94. The summed E-state index contributed by atoms with van der Waals surface area (Å²) in [4.78, 5) is 11.9. The SMILES string of the molecule is Cc1ccc(C)n1CCNC(=O)c1ccc(C(F)(F)F)cc1. The number of aromatic nitrogens is 1. The summed E-state index contributed by atoms with van der Waals surface area (Å²) in [5, 5.41) is 2.71. The predicted octanol–water partition coefficient (Wildman–Crippen LogP) is 3.55. The van der Waals surface area contributed by atoms with Gasteiger partial charge in [0.25, 0.3) is 5.91 Å². The van der Waals surface area contributed by atoms with Gasteiger partial charge in [-0.25, -0.2) is 0 Å². The minimum Gasteiger partial charge on any atom is -0.350 e. The fourth-order valence-corrected chi connectivity index (χ4v) is 2.25. The van der Waals surface area contributed by atoms with Crippen LogP contribution in [0.2, 0.25) is 0 Å². The van der Waals surface area contributed by atoms with Crippen molar-refractivity contribution in [2.75, 3.05) is 6.54 Å². The lowest BCUT2D eigenvalue weighted by Crippen LogP contribution is -2.27. The number of alkyl halides is 3. The molecule has 0 saturated carbocycles. The van der Waals surface area contributed by atoms with E-state index < -0.39 is 11.7 Å². The molecule has 2 aromatic rings. The van der Waals surface area contributed by atoms with E-state index in [2.05, 4.69) is 9.88 Å². The lowest BCUT2D eigenvalue weighted by atomic mass is 10.1. The first-order valence-corrected chi connectivity index (χ1v) is 6.87. The van der Waals surface area contributed by atoms with Gasteiger partial charge in [0.1, 0.15) is 0 Å². The Kier molecular flexibility index (Phi) is 4.59. The molecule has 0 aliphatic heterocycles. The second-order valence-corrected chi connectivity index (χ2v) is 5.10. The van der Waals surface area contributed by atoms with Gasteiger partial charge in [-0.3, -0.25) is 4.79 Å². The number of amides is 1. The smallest absolute Gasteiger partial charge is 0.350 e. The summed E-state index contributed by atoms with van der Waals surface area (Å²) in [6.45, 7) is 4.99. The fraction of sp³-hybridized carbons (Fsp3) is 0.312.